The molecule has 2 N–H and O–H groups in total. The maximum atomic E-state index is 12.9. The number of nitrogens with zero attached hydrogens (tertiary/aromatic N) is 3. The van der Waals surface area contributed by atoms with Crippen LogP contribution < -0.4 is 5.32 Å². The highest BCUT2D eigenvalue weighted by atomic mass is 32.1. The van der Waals surface area contributed by atoms with Gasteiger partial charge in [0.05, 0.1) is 17.4 Å². The summed E-state index contributed by atoms with van der Waals surface area (Å²) in [6.45, 7) is 0.875. The summed E-state index contributed by atoms with van der Waals surface area (Å²) >= 11 is 6.81. The van der Waals surface area contributed by atoms with Gasteiger partial charge in [0.2, 0.25) is 0 Å². The number of aryl methyl sites for hydroxylation is 1. The minimum atomic E-state index is -0.141. The molecule has 4 heterocycles. The second kappa shape index (κ2) is 5.86. The van der Waals surface area contributed by atoms with Crippen molar-refractivity contribution >= 4 is 45.6 Å². The SMILES string of the molecule is O=C(Nc1nccs1)c1c2n(c3c(=S)nc[nH]c13)CCCCC2. The van der Waals surface area contributed by atoms with Gasteiger partial charge < -0.3 is 9.55 Å². The molecular weight excluding hydrogens is 330 g/mol. The summed E-state index contributed by atoms with van der Waals surface area (Å²) < 4.78 is 2.71. The molecule has 3 aromatic heterocycles. The van der Waals surface area contributed by atoms with Gasteiger partial charge in [0.25, 0.3) is 5.91 Å². The number of fused-ring (bicyclic) bond motifs is 3. The Hall–Kier alpha value is -2.06. The predicted molar refractivity (Wildman–Crippen MR) is 92.5 cm³/mol. The van der Waals surface area contributed by atoms with E-state index in [1.165, 1.54) is 11.3 Å². The van der Waals surface area contributed by atoms with E-state index in [4.69, 9.17) is 12.2 Å². The van der Waals surface area contributed by atoms with E-state index in [2.05, 4.69) is 24.8 Å². The van der Waals surface area contributed by atoms with E-state index in [1.54, 1.807) is 12.5 Å². The molecule has 0 unspecified atom stereocenters. The fourth-order valence-electron chi connectivity index (χ4n) is 3.18. The van der Waals surface area contributed by atoms with Crippen LogP contribution in [0.1, 0.15) is 35.3 Å². The Kier molecular flexibility index (Phi) is 3.70. The molecule has 1 aliphatic rings. The second-order valence-electron chi connectivity index (χ2n) is 5.51. The van der Waals surface area contributed by atoms with Gasteiger partial charge in [-0.25, -0.2) is 9.97 Å². The van der Waals surface area contributed by atoms with Crippen molar-refractivity contribution in [3.05, 3.63) is 33.8 Å². The molecular formula is C15H15N5OS2. The Morgan fingerprint density at radius 1 is 1.35 bits per heavy atom. The smallest absolute Gasteiger partial charge is 0.261 e. The lowest BCUT2D eigenvalue weighted by Crippen LogP contribution is -2.14. The van der Waals surface area contributed by atoms with Crippen LogP contribution in [0.5, 0.6) is 0 Å². The number of carbonyl (C=O) groups is 1. The molecule has 0 radical (unpaired) electrons. The van der Waals surface area contributed by atoms with E-state index < -0.39 is 0 Å². The van der Waals surface area contributed by atoms with Crippen molar-refractivity contribution in [3.63, 3.8) is 0 Å². The van der Waals surface area contributed by atoms with Gasteiger partial charge in [-0.2, -0.15) is 0 Å². The molecule has 1 amide bonds. The zero-order chi connectivity index (χ0) is 15.8. The van der Waals surface area contributed by atoms with Crippen molar-refractivity contribution in [2.75, 3.05) is 5.32 Å². The van der Waals surface area contributed by atoms with Crippen molar-refractivity contribution in [2.24, 2.45) is 0 Å². The molecule has 6 nitrogen and oxygen atoms in total. The number of hydrogen-bond donors (Lipinski definition) is 2. The lowest BCUT2D eigenvalue weighted by Gasteiger charge is -2.07. The number of hydrogen-bond acceptors (Lipinski definition) is 5. The van der Waals surface area contributed by atoms with Crippen molar-refractivity contribution < 1.29 is 4.79 Å². The molecule has 0 saturated carbocycles. The van der Waals surface area contributed by atoms with E-state index in [0.717, 1.165) is 49.0 Å². The first-order chi connectivity index (χ1) is 11.3. The lowest BCUT2D eigenvalue weighted by molar-refractivity contribution is 0.102. The van der Waals surface area contributed by atoms with Gasteiger partial charge in [-0.05, 0) is 19.3 Å². The highest BCUT2D eigenvalue weighted by Gasteiger charge is 2.25. The van der Waals surface area contributed by atoms with Crippen LogP contribution in [0.25, 0.3) is 11.0 Å². The number of aromatic amines is 1. The molecule has 0 saturated heterocycles. The first-order valence-electron chi connectivity index (χ1n) is 7.55. The molecule has 23 heavy (non-hydrogen) atoms. The third-order valence-corrected chi connectivity index (χ3v) is 5.13. The van der Waals surface area contributed by atoms with E-state index >= 15 is 0 Å². The standard InChI is InChI=1S/C15H15N5OS2/c21-13(19-15-16-5-7-23-15)10-9-4-2-1-3-6-20(9)12-11(10)17-8-18-14(12)22/h5,7-8H,1-4,6H2,(H,16,19,21)(H,17,18,22). The number of H-pyrrole nitrogens is 1. The van der Waals surface area contributed by atoms with Crippen molar-refractivity contribution in [1.82, 2.24) is 19.5 Å². The average Bonchev–Trinajstić information content (AvgIpc) is 3.07. The summed E-state index contributed by atoms with van der Waals surface area (Å²) in [6, 6.07) is 0. The minimum absolute atomic E-state index is 0.141. The van der Waals surface area contributed by atoms with Crippen LogP contribution in [-0.4, -0.2) is 25.4 Å². The molecule has 3 aromatic rings. The molecule has 8 heteroatoms. The van der Waals surface area contributed by atoms with Crippen LogP contribution in [0.3, 0.4) is 0 Å². The molecule has 0 bridgehead atoms. The topological polar surface area (TPSA) is 75.6 Å². The van der Waals surface area contributed by atoms with Gasteiger partial charge in [0, 0.05) is 23.8 Å². The number of carbonyl (C=O) groups excluding carboxylic acids is 1. The van der Waals surface area contributed by atoms with E-state index in [0.29, 0.717) is 15.3 Å². The van der Waals surface area contributed by atoms with E-state index in [1.807, 2.05) is 5.38 Å². The fraction of sp³-hybridized carbons (Fsp3) is 0.333. The molecule has 0 aromatic carbocycles. The first-order valence-corrected chi connectivity index (χ1v) is 8.84. The summed E-state index contributed by atoms with van der Waals surface area (Å²) in [5.41, 5.74) is 3.35. The summed E-state index contributed by atoms with van der Waals surface area (Å²) in [6.07, 6.45) is 7.44. The van der Waals surface area contributed by atoms with Gasteiger partial charge in [-0.15, -0.1) is 11.3 Å². The highest BCUT2D eigenvalue weighted by molar-refractivity contribution is 7.71. The van der Waals surface area contributed by atoms with Crippen LogP contribution in [0.15, 0.2) is 17.9 Å². The summed E-state index contributed by atoms with van der Waals surface area (Å²) in [7, 11) is 0. The predicted octanol–water partition coefficient (Wildman–Crippen LogP) is 3.53. The average molecular weight is 345 g/mol. The summed E-state index contributed by atoms with van der Waals surface area (Å²) in [5.74, 6) is -0.141. The van der Waals surface area contributed by atoms with Crippen molar-refractivity contribution in [1.29, 1.82) is 0 Å². The number of aromatic nitrogens is 4. The van der Waals surface area contributed by atoms with E-state index in [-0.39, 0.29) is 5.91 Å². The van der Waals surface area contributed by atoms with Crippen LogP contribution in [-0.2, 0) is 13.0 Å². The van der Waals surface area contributed by atoms with Crippen LogP contribution in [0.4, 0.5) is 5.13 Å². The number of nitrogens with one attached hydrogen (secondary N) is 2. The fourth-order valence-corrected chi connectivity index (χ4v) is 3.97. The van der Waals surface area contributed by atoms with Crippen LogP contribution in [0, 0.1) is 4.64 Å². The Labute approximate surface area is 141 Å². The van der Waals surface area contributed by atoms with Gasteiger partial charge in [0.1, 0.15) is 5.52 Å². The molecule has 118 valence electrons. The van der Waals surface area contributed by atoms with Gasteiger partial charge in [0.15, 0.2) is 9.77 Å². The maximum Gasteiger partial charge on any atom is 0.261 e. The highest BCUT2D eigenvalue weighted by Crippen LogP contribution is 2.30. The molecule has 4 rings (SSSR count). The lowest BCUT2D eigenvalue weighted by atomic mass is 10.1. The Bertz CT molecular complexity index is 925. The number of anilines is 1. The monoisotopic (exact) mass is 345 g/mol. The molecule has 0 fully saturated rings. The van der Waals surface area contributed by atoms with Crippen LogP contribution >= 0.6 is 23.6 Å². The number of thiazole rings is 1. The largest absolute Gasteiger partial charge is 0.344 e. The second-order valence-corrected chi connectivity index (χ2v) is 6.79. The van der Waals surface area contributed by atoms with Crippen molar-refractivity contribution in [3.8, 4) is 0 Å². The van der Waals surface area contributed by atoms with Gasteiger partial charge in [-0.1, -0.05) is 18.6 Å². The van der Waals surface area contributed by atoms with Gasteiger partial charge >= 0.3 is 0 Å². The zero-order valence-corrected chi connectivity index (χ0v) is 14.0. The number of amides is 1. The quantitative estimate of drug-likeness (QED) is 0.697. The maximum absolute atomic E-state index is 12.9. The molecule has 0 aliphatic carbocycles. The Balaban J connectivity index is 1.91. The molecule has 0 spiro atoms. The third-order valence-electron chi connectivity index (χ3n) is 4.14. The number of rotatable bonds is 2. The van der Waals surface area contributed by atoms with E-state index in [9.17, 15) is 4.79 Å². The Morgan fingerprint density at radius 2 is 2.26 bits per heavy atom. The Morgan fingerprint density at radius 3 is 3.09 bits per heavy atom. The zero-order valence-electron chi connectivity index (χ0n) is 12.3. The first kappa shape index (κ1) is 14.5. The van der Waals surface area contributed by atoms with Crippen molar-refractivity contribution in [2.45, 2.75) is 32.2 Å². The minimum Gasteiger partial charge on any atom is -0.344 e. The summed E-state index contributed by atoms with van der Waals surface area (Å²) in [5, 5.41) is 5.33. The summed E-state index contributed by atoms with van der Waals surface area (Å²) in [4.78, 5) is 24.3. The van der Waals surface area contributed by atoms with Crippen LogP contribution in [0.2, 0.25) is 0 Å². The van der Waals surface area contributed by atoms with Gasteiger partial charge in [-0.3, -0.25) is 10.1 Å². The molecule has 0 atom stereocenters. The normalized spacial score (nSPS) is 14.4. The molecule has 1 aliphatic heterocycles. The third kappa shape index (κ3) is 2.47.